The lowest BCUT2D eigenvalue weighted by Crippen LogP contribution is -2.60. The molecule has 4 atom stereocenters. The van der Waals surface area contributed by atoms with Gasteiger partial charge in [-0.1, -0.05) is 0 Å². The van der Waals surface area contributed by atoms with E-state index in [-0.39, 0.29) is 25.4 Å². The number of esters is 1. The Morgan fingerprint density at radius 2 is 2.05 bits per heavy atom. The number of ketones is 1. The molecule has 0 radical (unpaired) electrons. The lowest BCUT2D eigenvalue weighted by Gasteiger charge is -2.42. The molecule has 3 heterocycles. The second-order valence-electron chi connectivity index (χ2n) is 5.87. The highest BCUT2D eigenvalue weighted by Crippen LogP contribution is 2.41. The van der Waals surface area contributed by atoms with Gasteiger partial charge in [0.1, 0.15) is 12.7 Å². The Balaban J connectivity index is 1.86. The van der Waals surface area contributed by atoms with Crippen molar-refractivity contribution in [2.24, 2.45) is 5.92 Å². The molecule has 0 spiro atoms. The lowest BCUT2D eigenvalue weighted by atomic mass is 9.84. The van der Waals surface area contributed by atoms with Crippen LogP contribution in [0.2, 0.25) is 0 Å². The van der Waals surface area contributed by atoms with Crippen molar-refractivity contribution in [1.82, 2.24) is 0 Å². The van der Waals surface area contributed by atoms with Crippen LogP contribution in [0, 0.1) is 5.92 Å². The Labute approximate surface area is 117 Å². The first kappa shape index (κ1) is 13.7. The monoisotopic (exact) mass is 282 g/mol. The van der Waals surface area contributed by atoms with Crippen LogP contribution in [-0.4, -0.2) is 48.6 Å². The summed E-state index contributed by atoms with van der Waals surface area (Å²) >= 11 is 0. The standard InChI is InChI=1S/C14H18O6/c1-8-10(19-8)4-5-11(15)14-9(6-17-12(14)16)7-18-13(2,3)20-14/h4-5,8-10H,6-7H2,1-3H3/b5-4+/t8-,9-,10+,14-/m1/s1. The Morgan fingerprint density at radius 1 is 1.35 bits per heavy atom. The van der Waals surface area contributed by atoms with Crippen molar-refractivity contribution in [2.75, 3.05) is 13.2 Å². The second kappa shape index (κ2) is 4.38. The summed E-state index contributed by atoms with van der Waals surface area (Å²) in [7, 11) is 0. The highest BCUT2D eigenvalue weighted by Gasteiger charge is 2.63. The second-order valence-corrected chi connectivity index (χ2v) is 5.87. The zero-order valence-corrected chi connectivity index (χ0v) is 11.8. The largest absolute Gasteiger partial charge is 0.463 e. The summed E-state index contributed by atoms with van der Waals surface area (Å²) in [5, 5.41) is 0. The van der Waals surface area contributed by atoms with E-state index in [0.29, 0.717) is 0 Å². The normalized spacial score (nSPS) is 42.4. The van der Waals surface area contributed by atoms with Gasteiger partial charge in [-0.2, -0.15) is 0 Å². The smallest absolute Gasteiger partial charge is 0.347 e. The molecule has 0 aliphatic carbocycles. The van der Waals surface area contributed by atoms with E-state index in [1.807, 2.05) is 6.92 Å². The molecule has 3 saturated heterocycles. The molecule has 0 bridgehead atoms. The van der Waals surface area contributed by atoms with E-state index in [1.54, 1.807) is 19.9 Å². The van der Waals surface area contributed by atoms with E-state index in [4.69, 9.17) is 18.9 Å². The van der Waals surface area contributed by atoms with E-state index in [2.05, 4.69) is 0 Å². The molecule has 110 valence electrons. The molecule has 3 fully saturated rings. The van der Waals surface area contributed by atoms with Gasteiger partial charge in [0.15, 0.2) is 11.6 Å². The number of epoxide rings is 1. The summed E-state index contributed by atoms with van der Waals surface area (Å²) in [6.45, 7) is 5.68. The number of carbonyl (C=O) groups is 2. The van der Waals surface area contributed by atoms with Gasteiger partial charge >= 0.3 is 5.97 Å². The molecule has 3 rings (SSSR count). The van der Waals surface area contributed by atoms with Gasteiger partial charge in [0, 0.05) is 0 Å². The van der Waals surface area contributed by atoms with E-state index in [0.717, 1.165) is 0 Å². The van der Waals surface area contributed by atoms with Gasteiger partial charge < -0.3 is 18.9 Å². The van der Waals surface area contributed by atoms with Gasteiger partial charge in [0.25, 0.3) is 0 Å². The molecular formula is C14H18O6. The molecule has 0 N–H and O–H groups in total. The average Bonchev–Trinajstić information content (AvgIpc) is 2.99. The minimum Gasteiger partial charge on any atom is -0.463 e. The molecule has 3 aliphatic heterocycles. The maximum Gasteiger partial charge on any atom is 0.347 e. The van der Waals surface area contributed by atoms with Gasteiger partial charge in [-0.15, -0.1) is 0 Å². The van der Waals surface area contributed by atoms with Crippen LogP contribution in [0.15, 0.2) is 12.2 Å². The SMILES string of the molecule is C[C@H]1O[C@H]1/C=C/C(=O)[C@]12OC(C)(C)OC[C@H]1COC2=O. The van der Waals surface area contributed by atoms with Crippen molar-refractivity contribution < 1.29 is 28.5 Å². The van der Waals surface area contributed by atoms with Crippen LogP contribution in [0.5, 0.6) is 0 Å². The number of fused-ring (bicyclic) bond motifs is 1. The number of ether oxygens (including phenoxy) is 4. The third-order valence-corrected chi connectivity index (χ3v) is 3.89. The van der Waals surface area contributed by atoms with E-state index < -0.39 is 29.1 Å². The third-order valence-electron chi connectivity index (χ3n) is 3.89. The van der Waals surface area contributed by atoms with Gasteiger partial charge in [0.05, 0.1) is 18.6 Å². The lowest BCUT2D eigenvalue weighted by molar-refractivity contribution is -0.304. The Morgan fingerprint density at radius 3 is 2.70 bits per heavy atom. The number of cyclic esters (lactones) is 1. The predicted molar refractivity (Wildman–Crippen MR) is 66.8 cm³/mol. The van der Waals surface area contributed by atoms with Crippen molar-refractivity contribution in [3.63, 3.8) is 0 Å². The molecule has 0 unspecified atom stereocenters. The van der Waals surface area contributed by atoms with Crippen LogP contribution in [0.4, 0.5) is 0 Å². The van der Waals surface area contributed by atoms with Crippen LogP contribution >= 0.6 is 0 Å². The number of carbonyl (C=O) groups excluding carboxylic acids is 2. The van der Waals surface area contributed by atoms with Gasteiger partial charge in [-0.25, -0.2) is 4.79 Å². The summed E-state index contributed by atoms with van der Waals surface area (Å²) in [6, 6.07) is 0. The fourth-order valence-electron chi connectivity index (χ4n) is 2.64. The maximum absolute atomic E-state index is 12.5. The van der Waals surface area contributed by atoms with E-state index in [1.165, 1.54) is 6.08 Å². The Bertz CT molecular complexity index is 482. The van der Waals surface area contributed by atoms with E-state index >= 15 is 0 Å². The molecule has 0 saturated carbocycles. The summed E-state index contributed by atoms with van der Waals surface area (Å²) in [6.07, 6.45) is 3.10. The highest BCUT2D eigenvalue weighted by molar-refractivity contribution is 6.13. The van der Waals surface area contributed by atoms with Crippen molar-refractivity contribution in [3.8, 4) is 0 Å². The van der Waals surface area contributed by atoms with Crippen LogP contribution in [0.25, 0.3) is 0 Å². The third kappa shape index (κ3) is 2.08. The van der Waals surface area contributed by atoms with E-state index in [9.17, 15) is 9.59 Å². The van der Waals surface area contributed by atoms with Crippen LogP contribution in [-0.2, 0) is 28.5 Å². The molecule has 0 amide bonds. The minimum atomic E-state index is -1.57. The molecule has 3 aliphatic rings. The first-order chi connectivity index (χ1) is 9.35. The zero-order valence-electron chi connectivity index (χ0n) is 11.8. The van der Waals surface area contributed by atoms with Crippen molar-refractivity contribution in [3.05, 3.63) is 12.2 Å². The summed E-state index contributed by atoms with van der Waals surface area (Å²) in [4.78, 5) is 24.6. The Kier molecular flexibility index (Phi) is 3.00. The van der Waals surface area contributed by atoms with Gasteiger partial charge in [-0.3, -0.25) is 4.79 Å². The van der Waals surface area contributed by atoms with Crippen molar-refractivity contribution >= 4 is 11.8 Å². The summed E-state index contributed by atoms with van der Waals surface area (Å²) in [5.41, 5.74) is -1.57. The molecule has 6 nitrogen and oxygen atoms in total. The minimum absolute atomic E-state index is 0.0564. The first-order valence-electron chi connectivity index (χ1n) is 6.74. The number of hydrogen-bond donors (Lipinski definition) is 0. The van der Waals surface area contributed by atoms with Crippen molar-refractivity contribution in [1.29, 1.82) is 0 Å². The molecule has 20 heavy (non-hydrogen) atoms. The predicted octanol–water partition coefficient (Wildman–Crippen LogP) is 0.594. The van der Waals surface area contributed by atoms with Gasteiger partial charge in [0.2, 0.25) is 5.60 Å². The molecule has 0 aromatic heterocycles. The highest BCUT2D eigenvalue weighted by atomic mass is 16.7. The average molecular weight is 282 g/mol. The topological polar surface area (TPSA) is 74.4 Å². The quantitative estimate of drug-likeness (QED) is 0.326. The summed E-state index contributed by atoms with van der Waals surface area (Å²) in [5.74, 6) is -2.42. The fraction of sp³-hybridized carbons (Fsp3) is 0.714. The maximum atomic E-state index is 12.5. The summed E-state index contributed by atoms with van der Waals surface area (Å²) < 4.78 is 21.4. The molecule has 0 aromatic carbocycles. The first-order valence-corrected chi connectivity index (χ1v) is 6.74. The number of hydrogen-bond acceptors (Lipinski definition) is 6. The Hall–Kier alpha value is -1.24. The van der Waals surface area contributed by atoms with Crippen LogP contribution < -0.4 is 0 Å². The van der Waals surface area contributed by atoms with Crippen LogP contribution in [0.3, 0.4) is 0 Å². The molecule has 6 heteroatoms. The zero-order chi connectivity index (χ0) is 14.5. The number of rotatable bonds is 3. The van der Waals surface area contributed by atoms with Crippen molar-refractivity contribution in [2.45, 2.75) is 44.4 Å². The van der Waals surface area contributed by atoms with Crippen LogP contribution in [0.1, 0.15) is 20.8 Å². The fourth-order valence-corrected chi connectivity index (χ4v) is 2.64. The molecular weight excluding hydrogens is 264 g/mol. The van der Waals surface area contributed by atoms with Gasteiger partial charge in [-0.05, 0) is 32.9 Å². The molecule has 0 aromatic rings.